The van der Waals surface area contributed by atoms with Crippen LogP contribution in [0.1, 0.15) is 30.4 Å². The molecular formula is C30H37NO10. The molecule has 0 aliphatic carbocycles. The monoisotopic (exact) mass is 571 g/mol. The summed E-state index contributed by atoms with van der Waals surface area (Å²) in [4.78, 5) is 27.5. The van der Waals surface area contributed by atoms with Gasteiger partial charge in [-0.05, 0) is 54.3 Å². The Morgan fingerprint density at radius 3 is 2.12 bits per heavy atom. The lowest BCUT2D eigenvalue weighted by atomic mass is 9.78. The highest BCUT2D eigenvalue weighted by Crippen LogP contribution is 2.45. The molecule has 2 aromatic rings. The summed E-state index contributed by atoms with van der Waals surface area (Å²) in [6, 6.07) is 9.06. The average Bonchev–Trinajstić information content (AvgIpc) is 3.39. The molecule has 0 aromatic heterocycles. The van der Waals surface area contributed by atoms with Crippen LogP contribution in [0.25, 0.3) is 0 Å². The van der Waals surface area contributed by atoms with Crippen molar-refractivity contribution in [2.24, 2.45) is 5.92 Å². The molecule has 1 saturated heterocycles. The van der Waals surface area contributed by atoms with Crippen molar-refractivity contribution in [2.45, 2.75) is 38.0 Å². The topological polar surface area (TPSA) is 111 Å². The molecule has 2 aliphatic rings. The number of rotatable bonds is 11. The quantitative estimate of drug-likeness (QED) is 0.362. The highest BCUT2D eigenvalue weighted by molar-refractivity contribution is 5.86. The summed E-state index contributed by atoms with van der Waals surface area (Å²) in [7, 11) is 9.06. The molecule has 2 aliphatic heterocycles. The standard InChI is InChI=1S/C30H37NO10/c1-8-19-16-40-30(33)31(19)28-21(11-17-12-24(36-4)27(38-6)25(13-17)37-5)20(15-26(41-28)29(32)39-7)18-9-10-22(34-2)23(14-18)35-3/h9-10,12-15,19-21,28H,8,11,16H2,1-7H3/t19-,20-,21-,28-/m1/s1. The Labute approximate surface area is 239 Å². The number of hydrogen-bond donors (Lipinski definition) is 0. The maximum absolute atomic E-state index is 13.1. The van der Waals surface area contributed by atoms with E-state index in [0.717, 1.165) is 11.1 Å². The summed E-state index contributed by atoms with van der Waals surface area (Å²) in [6.45, 7) is 2.20. The molecule has 1 fully saturated rings. The van der Waals surface area contributed by atoms with Gasteiger partial charge in [-0.3, -0.25) is 4.90 Å². The Morgan fingerprint density at radius 1 is 0.902 bits per heavy atom. The van der Waals surface area contributed by atoms with E-state index in [2.05, 4.69) is 0 Å². The summed E-state index contributed by atoms with van der Waals surface area (Å²) in [5.74, 6) is 1.11. The maximum Gasteiger partial charge on any atom is 0.413 e. The normalized spacial score (nSPS) is 21.8. The molecular weight excluding hydrogens is 534 g/mol. The van der Waals surface area contributed by atoms with Gasteiger partial charge in [0, 0.05) is 11.8 Å². The molecule has 11 nitrogen and oxygen atoms in total. The molecule has 0 saturated carbocycles. The molecule has 0 N–H and O–H groups in total. The number of benzene rings is 2. The predicted molar refractivity (Wildman–Crippen MR) is 148 cm³/mol. The van der Waals surface area contributed by atoms with Crippen LogP contribution in [0.5, 0.6) is 28.7 Å². The Kier molecular flexibility index (Phi) is 9.36. The number of nitrogens with zero attached hydrogens (tertiary/aromatic N) is 1. The van der Waals surface area contributed by atoms with Crippen LogP contribution in [0.3, 0.4) is 0 Å². The molecule has 0 spiro atoms. The smallest absolute Gasteiger partial charge is 0.413 e. The lowest BCUT2D eigenvalue weighted by Crippen LogP contribution is -2.51. The van der Waals surface area contributed by atoms with Gasteiger partial charge in [0.1, 0.15) is 6.61 Å². The Hall–Kier alpha value is -4.28. The first-order valence-corrected chi connectivity index (χ1v) is 13.3. The lowest BCUT2D eigenvalue weighted by Gasteiger charge is -2.42. The zero-order valence-corrected chi connectivity index (χ0v) is 24.4. The third kappa shape index (κ3) is 5.79. The van der Waals surface area contributed by atoms with Crippen molar-refractivity contribution in [1.82, 2.24) is 4.90 Å². The molecule has 0 unspecified atom stereocenters. The van der Waals surface area contributed by atoms with E-state index < -0.39 is 24.2 Å². The first kappa shape index (κ1) is 29.7. The minimum atomic E-state index is -0.855. The molecule has 0 radical (unpaired) electrons. The number of ether oxygens (including phenoxy) is 8. The maximum atomic E-state index is 13.1. The fourth-order valence-corrected chi connectivity index (χ4v) is 5.45. The van der Waals surface area contributed by atoms with Crippen molar-refractivity contribution in [2.75, 3.05) is 49.3 Å². The van der Waals surface area contributed by atoms with E-state index in [0.29, 0.717) is 41.6 Å². The lowest BCUT2D eigenvalue weighted by molar-refractivity contribution is -0.147. The van der Waals surface area contributed by atoms with E-state index in [-0.39, 0.29) is 24.3 Å². The van der Waals surface area contributed by atoms with Gasteiger partial charge in [0.15, 0.2) is 29.2 Å². The van der Waals surface area contributed by atoms with E-state index in [1.54, 1.807) is 52.6 Å². The molecule has 4 atom stereocenters. The van der Waals surface area contributed by atoms with Crippen LogP contribution in [0.2, 0.25) is 0 Å². The zero-order valence-electron chi connectivity index (χ0n) is 24.4. The van der Waals surface area contributed by atoms with E-state index in [1.165, 1.54) is 7.11 Å². The minimum absolute atomic E-state index is 0.00739. The third-order valence-electron chi connectivity index (χ3n) is 7.53. The molecule has 4 rings (SSSR count). The second kappa shape index (κ2) is 12.9. The number of esters is 1. The average molecular weight is 572 g/mol. The van der Waals surface area contributed by atoms with Crippen LogP contribution in [0.4, 0.5) is 4.79 Å². The summed E-state index contributed by atoms with van der Waals surface area (Å²) in [5, 5.41) is 0. The molecule has 2 aromatic carbocycles. The van der Waals surface area contributed by atoms with Gasteiger partial charge in [-0.25, -0.2) is 9.59 Å². The summed E-state index contributed by atoms with van der Waals surface area (Å²) in [6.07, 6.45) is 1.42. The molecule has 0 bridgehead atoms. The Bertz CT molecular complexity index is 1270. The number of methoxy groups -OCH3 is 6. The van der Waals surface area contributed by atoms with Gasteiger partial charge in [-0.1, -0.05) is 13.0 Å². The number of carbonyl (C=O) groups excluding carboxylic acids is 2. The number of hydrogen-bond acceptors (Lipinski definition) is 10. The largest absolute Gasteiger partial charge is 0.493 e. The number of carbonyl (C=O) groups is 2. The highest BCUT2D eigenvalue weighted by Gasteiger charge is 2.48. The molecule has 1 amide bonds. The van der Waals surface area contributed by atoms with E-state index in [4.69, 9.17) is 37.9 Å². The third-order valence-corrected chi connectivity index (χ3v) is 7.53. The fraction of sp³-hybridized carbons (Fsp3) is 0.467. The van der Waals surface area contributed by atoms with Crippen LogP contribution < -0.4 is 23.7 Å². The van der Waals surface area contributed by atoms with Crippen LogP contribution in [-0.2, 0) is 25.4 Å². The number of amides is 1. The Balaban J connectivity index is 1.90. The van der Waals surface area contributed by atoms with E-state index in [9.17, 15) is 9.59 Å². The van der Waals surface area contributed by atoms with Gasteiger partial charge in [0.2, 0.25) is 11.5 Å². The van der Waals surface area contributed by atoms with Crippen LogP contribution in [0, 0.1) is 5.92 Å². The minimum Gasteiger partial charge on any atom is -0.493 e. The van der Waals surface area contributed by atoms with Crippen molar-refractivity contribution in [3.8, 4) is 28.7 Å². The molecule has 41 heavy (non-hydrogen) atoms. The number of allylic oxidation sites excluding steroid dienone is 1. The van der Waals surface area contributed by atoms with Crippen LogP contribution in [-0.4, -0.2) is 78.5 Å². The van der Waals surface area contributed by atoms with Gasteiger partial charge in [-0.15, -0.1) is 0 Å². The van der Waals surface area contributed by atoms with Gasteiger partial charge >= 0.3 is 12.1 Å². The van der Waals surface area contributed by atoms with E-state index >= 15 is 0 Å². The van der Waals surface area contributed by atoms with Gasteiger partial charge in [-0.2, -0.15) is 0 Å². The summed E-state index contributed by atoms with van der Waals surface area (Å²) < 4.78 is 44.5. The van der Waals surface area contributed by atoms with Gasteiger partial charge < -0.3 is 37.9 Å². The van der Waals surface area contributed by atoms with Gasteiger partial charge in [0.25, 0.3) is 0 Å². The van der Waals surface area contributed by atoms with Crippen molar-refractivity contribution < 1.29 is 47.5 Å². The number of cyclic esters (lactones) is 1. The fourth-order valence-electron chi connectivity index (χ4n) is 5.45. The molecule has 11 heteroatoms. The van der Waals surface area contributed by atoms with Crippen molar-refractivity contribution >= 4 is 12.1 Å². The SMILES string of the molecule is CC[C@@H]1COC(=O)N1[C@@H]1OC(C(=O)OC)=C[C@H](c2ccc(OC)c(OC)c2)[C@H]1Cc1cc(OC)c(OC)c(OC)c1. The Morgan fingerprint density at radius 2 is 1.56 bits per heavy atom. The summed E-state index contributed by atoms with van der Waals surface area (Å²) >= 11 is 0. The summed E-state index contributed by atoms with van der Waals surface area (Å²) in [5.41, 5.74) is 1.68. The van der Waals surface area contributed by atoms with Crippen LogP contribution >= 0.6 is 0 Å². The first-order chi connectivity index (χ1) is 19.8. The zero-order chi connectivity index (χ0) is 29.7. The predicted octanol–water partition coefficient (Wildman–Crippen LogP) is 4.32. The van der Waals surface area contributed by atoms with E-state index in [1.807, 2.05) is 31.2 Å². The molecule has 2 heterocycles. The first-order valence-electron chi connectivity index (χ1n) is 13.3. The van der Waals surface area contributed by atoms with Crippen molar-refractivity contribution in [3.63, 3.8) is 0 Å². The van der Waals surface area contributed by atoms with Gasteiger partial charge in [0.05, 0.1) is 48.7 Å². The highest BCUT2D eigenvalue weighted by atomic mass is 16.6. The second-order valence-electron chi connectivity index (χ2n) is 9.62. The van der Waals surface area contributed by atoms with Crippen molar-refractivity contribution in [1.29, 1.82) is 0 Å². The van der Waals surface area contributed by atoms with Crippen molar-refractivity contribution in [3.05, 3.63) is 53.3 Å². The second-order valence-corrected chi connectivity index (χ2v) is 9.62. The van der Waals surface area contributed by atoms with Crippen LogP contribution in [0.15, 0.2) is 42.2 Å². The molecule has 222 valence electrons.